The van der Waals surface area contributed by atoms with Crippen molar-refractivity contribution in [3.8, 4) is 0 Å². The number of fused-ring (bicyclic) bond motifs is 3. The Morgan fingerprint density at radius 1 is 0.941 bits per heavy atom. The van der Waals surface area contributed by atoms with Crippen molar-refractivity contribution in [2.75, 3.05) is 0 Å². The zero-order valence-corrected chi connectivity index (χ0v) is 14.2. The second-order valence-corrected chi connectivity index (χ2v) is 7.28. The summed E-state index contributed by atoms with van der Waals surface area (Å²) in [6.07, 6.45) is 0. The molecule has 1 atom stereocenters. The third-order valence-corrected chi connectivity index (χ3v) is 5.24. The fraction of sp³-hybridized carbons (Fsp3) is 0. The molecule has 1 aromatic heterocycles. The van der Waals surface area contributed by atoms with E-state index < -0.39 is 7.37 Å². The summed E-state index contributed by atoms with van der Waals surface area (Å²) in [5, 5.41) is 2.19. The van der Waals surface area contributed by atoms with Gasteiger partial charge in [-0.25, -0.2) is 0 Å². The van der Waals surface area contributed by atoms with Crippen molar-refractivity contribution >= 4 is 69.4 Å². The van der Waals surface area contributed by atoms with Crippen molar-refractivity contribution in [3.63, 3.8) is 0 Å². The van der Waals surface area contributed by atoms with Crippen LogP contribution in [0.2, 0.25) is 0 Å². The molecule has 0 aliphatic heterocycles. The first-order chi connectivity index (χ1) is 8.25. The number of benzene rings is 2. The Kier molecular flexibility index (Phi) is 3.20. The van der Waals surface area contributed by atoms with Gasteiger partial charge in [0.1, 0.15) is 0 Å². The Bertz CT molecular complexity index is 739. The monoisotopic (exact) mass is 457 g/mol. The second-order valence-electron chi connectivity index (χ2n) is 3.57. The Morgan fingerprint density at radius 2 is 1.65 bits per heavy atom. The zero-order valence-electron chi connectivity index (χ0n) is 8.68. The van der Waals surface area contributed by atoms with E-state index in [4.69, 9.17) is 19.6 Å². The Hall–Kier alpha value is -0.448. The fourth-order valence-electron chi connectivity index (χ4n) is 1.81. The van der Waals surface area contributed by atoms with E-state index in [0.717, 1.165) is 47.7 Å². The van der Waals surface area contributed by atoms with E-state index >= 15 is 0 Å². The molecule has 5 heteroatoms. The first-order valence-electron chi connectivity index (χ1n) is 5.01. The van der Waals surface area contributed by atoms with Gasteiger partial charge in [0.15, 0.2) is 0 Å². The molecule has 83 valence electrons. The van der Waals surface area contributed by atoms with Gasteiger partial charge < -0.3 is 0 Å². The second kappa shape index (κ2) is 4.67. The van der Waals surface area contributed by atoms with E-state index in [1.165, 1.54) is 3.12 Å². The van der Waals surface area contributed by atoms with Crippen LogP contribution in [0.25, 0.3) is 21.9 Å². The molecule has 17 heavy (non-hydrogen) atoms. The SMILES string of the molecule is Clp1oc2ccccc2c2[c]([Pb])cccc2o1. The fourth-order valence-corrected chi connectivity index (χ4v) is 4.29. The maximum atomic E-state index is 6.06. The van der Waals surface area contributed by atoms with E-state index in [0.29, 0.717) is 0 Å². The van der Waals surface area contributed by atoms with Crippen LogP contribution in [0.1, 0.15) is 0 Å². The van der Waals surface area contributed by atoms with Crippen LogP contribution in [0.15, 0.2) is 50.9 Å². The summed E-state index contributed by atoms with van der Waals surface area (Å²) in [6, 6.07) is 14.0. The predicted octanol–water partition coefficient (Wildman–Crippen LogP) is 4.09. The molecule has 0 spiro atoms. The van der Waals surface area contributed by atoms with Crippen molar-refractivity contribution in [2.45, 2.75) is 0 Å². The van der Waals surface area contributed by atoms with Crippen LogP contribution in [-0.2, 0) is 0 Å². The van der Waals surface area contributed by atoms with Gasteiger partial charge in [0.25, 0.3) is 0 Å². The van der Waals surface area contributed by atoms with Gasteiger partial charge >= 0.3 is 120 Å². The molecule has 0 fully saturated rings. The van der Waals surface area contributed by atoms with Crippen molar-refractivity contribution in [3.05, 3.63) is 42.5 Å². The molecule has 3 aromatic rings. The summed E-state index contributed by atoms with van der Waals surface area (Å²) < 4.78 is 12.6. The van der Waals surface area contributed by atoms with E-state index in [-0.39, 0.29) is 0 Å². The van der Waals surface area contributed by atoms with Gasteiger partial charge in [0.2, 0.25) is 0 Å². The first-order valence-corrected chi connectivity index (χ1v) is 9.04. The number of para-hydroxylation sites is 1. The third-order valence-electron chi connectivity index (χ3n) is 2.52. The molecule has 1 heterocycles. The van der Waals surface area contributed by atoms with Crippen molar-refractivity contribution in [2.24, 2.45) is 0 Å². The predicted molar refractivity (Wildman–Crippen MR) is 73.0 cm³/mol. The number of rotatable bonds is 0. The maximum absolute atomic E-state index is 6.06. The molecule has 0 aliphatic carbocycles. The molecule has 0 saturated heterocycles. The van der Waals surface area contributed by atoms with Crippen molar-refractivity contribution in [1.29, 1.82) is 0 Å². The first kappa shape index (κ1) is 11.6. The van der Waals surface area contributed by atoms with Gasteiger partial charge in [-0.2, -0.15) is 0 Å². The average Bonchev–Trinajstić information content (AvgIpc) is 2.44. The van der Waals surface area contributed by atoms with Crippen LogP contribution in [0.3, 0.4) is 0 Å². The van der Waals surface area contributed by atoms with E-state index in [1.54, 1.807) is 0 Å². The number of halogens is 1. The summed E-state index contributed by atoms with van der Waals surface area (Å²) in [5.41, 5.74) is 1.62. The topological polar surface area (TPSA) is 26.3 Å². The summed E-state index contributed by atoms with van der Waals surface area (Å²) in [7, 11) is -1.42. The molecule has 3 rings (SSSR count). The van der Waals surface area contributed by atoms with Gasteiger partial charge in [-0.05, 0) is 0 Å². The molecule has 0 aliphatic rings. The molecule has 0 bridgehead atoms. The van der Waals surface area contributed by atoms with Gasteiger partial charge in [0, 0.05) is 0 Å². The zero-order chi connectivity index (χ0) is 11.8. The van der Waals surface area contributed by atoms with Gasteiger partial charge in [0.05, 0.1) is 0 Å². The van der Waals surface area contributed by atoms with Crippen LogP contribution < -0.4 is 3.12 Å². The van der Waals surface area contributed by atoms with Crippen LogP contribution in [-0.4, -0.2) is 25.8 Å². The minimum atomic E-state index is -1.42. The Balaban J connectivity index is 2.70. The van der Waals surface area contributed by atoms with Gasteiger partial charge in [-0.1, -0.05) is 0 Å². The summed E-state index contributed by atoms with van der Waals surface area (Å²) in [6.45, 7) is 0. The van der Waals surface area contributed by atoms with Crippen molar-refractivity contribution in [1.82, 2.24) is 0 Å². The molecule has 0 saturated carbocycles. The van der Waals surface area contributed by atoms with Crippen LogP contribution >= 0.6 is 18.6 Å². The average molecular weight is 457 g/mol. The third kappa shape index (κ3) is 2.14. The molecule has 1 unspecified atom stereocenters. The molecule has 0 amide bonds. The van der Waals surface area contributed by atoms with Crippen LogP contribution in [0.5, 0.6) is 0 Å². The molecule has 2 nitrogen and oxygen atoms in total. The van der Waals surface area contributed by atoms with Crippen LogP contribution in [0, 0.1) is 0 Å². The Morgan fingerprint density at radius 3 is 2.53 bits per heavy atom. The van der Waals surface area contributed by atoms with E-state index in [2.05, 4.69) is 6.07 Å². The van der Waals surface area contributed by atoms with Gasteiger partial charge in [-0.3, -0.25) is 0 Å². The molecular weight excluding hydrogens is 450 g/mol. The van der Waals surface area contributed by atoms with Gasteiger partial charge in [-0.15, -0.1) is 0 Å². The standard InChI is InChI=1S/C12H7ClO2P.Pb/c13-16-14-11-7-3-1-5-9(11)10-6-2-4-8-12(10)15-16;/h1-5,7-8H;. The molecule has 0 N–H and O–H groups in total. The van der Waals surface area contributed by atoms with E-state index in [1.807, 2.05) is 36.4 Å². The summed E-state index contributed by atoms with van der Waals surface area (Å²) in [4.78, 5) is 0. The minimum absolute atomic E-state index is 0.802. The van der Waals surface area contributed by atoms with Crippen LogP contribution in [0.4, 0.5) is 0 Å². The molecule has 3 radical (unpaired) electrons. The van der Waals surface area contributed by atoms with Crippen molar-refractivity contribution < 1.29 is 8.39 Å². The Labute approximate surface area is 120 Å². The quantitative estimate of drug-likeness (QED) is 0.476. The summed E-state index contributed by atoms with van der Waals surface area (Å²) in [5.74, 6) is 0. The summed E-state index contributed by atoms with van der Waals surface area (Å²) >= 11 is 7.02. The number of hydrogen-bond acceptors (Lipinski definition) is 2. The number of hydrogen-bond donors (Lipinski definition) is 0. The normalized spacial score (nSPS) is 12.0. The molecular formula is C12H7ClO2PPb. The van der Waals surface area contributed by atoms with E-state index in [9.17, 15) is 0 Å². The molecule has 2 aromatic carbocycles.